The van der Waals surface area contributed by atoms with E-state index in [1.54, 1.807) is 36.5 Å². The lowest BCUT2D eigenvalue weighted by molar-refractivity contribution is -0.121. The summed E-state index contributed by atoms with van der Waals surface area (Å²) < 4.78 is 0. The first kappa shape index (κ1) is 17.8. The monoisotopic (exact) mass is 351 g/mol. The zero-order valence-corrected chi connectivity index (χ0v) is 15.0. The lowest BCUT2D eigenvalue weighted by Crippen LogP contribution is -2.47. The van der Waals surface area contributed by atoms with Crippen molar-refractivity contribution in [3.63, 3.8) is 0 Å². The smallest absolute Gasteiger partial charge is 0.300 e. The minimum absolute atomic E-state index is 0.159. The first-order chi connectivity index (χ1) is 12.4. The molecule has 6 heteroatoms. The van der Waals surface area contributed by atoms with Crippen molar-refractivity contribution in [3.8, 4) is 0 Å². The fourth-order valence-electron chi connectivity index (χ4n) is 3.11. The molecule has 0 aliphatic carbocycles. The van der Waals surface area contributed by atoms with Gasteiger partial charge in [-0.2, -0.15) is 0 Å². The first-order valence-corrected chi connectivity index (χ1v) is 8.59. The summed E-state index contributed by atoms with van der Waals surface area (Å²) in [6.45, 7) is 5.80. The number of aryl methyl sites for hydroxylation is 1. The van der Waals surface area contributed by atoms with Crippen LogP contribution < -0.4 is 10.2 Å². The predicted molar refractivity (Wildman–Crippen MR) is 99.1 cm³/mol. The Balaban J connectivity index is 1.97. The van der Waals surface area contributed by atoms with E-state index >= 15 is 0 Å². The van der Waals surface area contributed by atoms with Gasteiger partial charge in [-0.1, -0.05) is 31.5 Å². The van der Waals surface area contributed by atoms with Gasteiger partial charge in [0.25, 0.3) is 11.7 Å². The molecule has 0 saturated heterocycles. The van der Waals surface area contributed by atoms with Gasteiger partial charge in [0.2, 0.25) is 5.91 Å². The molecular weight excluding hydrogens is 330 g/mol. The maximum absolute atomic E-state index is 12.9. The van der Waals surface area contributed by atoms with Crippen LogP contribution in [0, 0.1) is 12.8 Å². The number of Topliss-reactive ketones (excluding diaryl/α,β-unsaturated/α-hetero) is 1. The van der Waals surface area contributed by atoms with E-state index in [4.69, 9.17) is 0 Å². The van der Waals surface area contributed by atoms with E-state index in [0.29, 0.717) is 23.5 Å². The lowest BCUT2D eigenvalue weighted by Gasteiger charge is -2.28. The number of carbonyl (C=O) groups is 3. The van der Waals surface area contributed by atoms with Crippen LogP contribution in [0.2, 0.25) is 0 Å². The summed E-state index contributed by atoms with van der Waals surface area (Å²) in [7, 11) is 0. The summed E-state index contributed by atoms with van der Waals surface area (Å²) in [6, 6.07) is 9.68. The molecule has 1 aromatic heterocycles. The molecular formula is C20H21N3O3. The molecule has 1 N–H and O–H groups in total. The Morgan fingerprint density at radius 1 is 1.19 bits per heavy atom. The Kier molecular flexibility index (Phi) is 4.84. The minimum Gasteiger partial charge on any atom is -0.309 e. The quantitative estimate of drug-likeness (QED) is 0.840. The van der Waals surface area contributed by atoms with Crippen molar-refractivity contribution >= 4 is 29.1 Å². The van der Waals surface area contributed by atoms with Crippen LogP contribution in [0.25, 0.3) is 0 Å². The molecule has 0 fully saturated rings. The molecule has 0 spiro atoms. The second kappa shape index (κ2) is 7.07. The van der Waals surface area contributed by atoms with Gasteiger partial charge < -0.3 is 5.32 Å². The van der Waals surface area contributed by atoms with E-state index in [1.807, 2.05) is 26.8 Å². The van der Waals surface area contributed by atoms with Crippen molar-refractivity contribution in [2.24, 2.45) is 5.92 Å². The van der Waals surface area contributed by atoms with E-state index in [9.17, 15) is 14.4 Å². The predicted octanol–water partition coefficient (Wildman–Crippen LogP) is 2.97. The lowest BCUT2D eigenvalue weighted by atomic mass is 10.0. The number of hydrogen-bond acceptors (Lipinski definition) is 4. The molecule has 0 radical (unpaired) electrons. The van der Waals surface area contributed by atoms with E-state index < -0.39 is 17.7 Å². The highest BCUT2D eigenvalue weighted by molar-refractivity contribution is 6.53. The van der Waals surface area contributed by atoms with Crippen molar-refractivity contribution in [2.45, 2.75) is 33.2 Å². The van der Waals surface area contributed by atoms with Crippen molar-refractivity contribution in [3.05, 3.63) is 53.7 Å². The molecule has 1 aliphatic rings. The van der Waals surface area contributed by atoms with Crippen molar-refractivity contribution in [1.29, 1.82) is 0 Å². The topological polar surface area (TPSA) is 79.4 Å². The average molecular weight is 351 g/mol. The highest BCUT2D eigenvalue weighted by atomic mass is 16.2. The minimum atomic E-state index is -0.780. The number of pyridine rings is 1. The third-order valence-corrected chi connectivity index (χ3v) is 4.29. The highest BCUT2D eigenvalue weighted by Gasteiger charge is 2.42. The number of nitrogens with zero attached hydrogens (tertiary/aromatic N) is 2. The van der Waals surface area contributed by atoms with E-state index in [-0.39, 0.29) is 11.8 Å². The van der Waals surface area contributed by atoms with Gasteiger partial charge in [-0.05, 0) is 43.5 Å². The molecule has 0 bridgehead atoms. The van der Waals surface area contributed by atoms with Crippen LogP contribution in [0.15, 0.2) is 42.6 Å². The maximum atomic E-state index is 12.9. The molecule has 1 aromatic carbocycles. The zero-order chi connectivity index (χ0) is 18.8. The fraction of sp³-hybridized carbons (Fsp3) is 0.300. The van der Waals surface area contributed by atoms with Gasteiger partial charge in [0.1, 0.15) is 11.9 Å². The molecule has 6 nitrogen and oxygen atoms in total. The van der Waals surface area contributed by atoms with Crippen LogP contribution in [0.1, 0.15) is 36.2 Å². The molecule has 0 saturated carbocycles. The van der Waals surface area contributed by atoms with E-state index in [1.165, 1.54) is 4.90 Å². The number of amides is 2. The number of benzene rings is 1. The Hall–Kier alpha value is -3.02. The Morgan fingerprint density at radius 2 is 1.96 bits per heavy atom. The molecule has 1 atom stereocenters. The summed E-state index contributed by atoms with van der Waals surface area (Å²) in [5.41, 5.74) is 1.74. The molecule has 2 aromatic rings. The summed E-state index contributed by atoms with van der Waals surface area (Å²) in [6.07, 6.45) is 2.01. The Bertz CT molecular complexity index is 862. The maximum Gasteiger partial charge on any atom is 0.300 e. The van der Waals surface area contributed by atoms with E-state index in [2.05, 4.69) is 10.3 Å². The Labute approximate surface area is 152 Å². The zero-order valence-electron chi connectivity index (χ0n) is 15.0. The van der Waals surface area contributed by atoms with Gasteiger partial charge in [0, 0.05) is 6.20 Å². The molecule has 1 unspecified atom stereocenters. The summed E-state index contributed by atoms with van der Waals surface area (Å²) >= 11 is 0. The summed E-state index contributed by atoms with van der Waals surface area (Å²) in [4.78, 5) is 43.4. The molecule has 134 valence electrons. The van der Waals surface area contributed by atoms with Crippen LogP contribution in [-0.4, -0.2) is 28.6 Å². The number of anilines is 2. The van der Waals surface area contributed by atoms with Crippen molar-refractivity contribution < 1.29 is 14.4 Å². The van der Waals surface area contributed by atoms with Crippen LogP contribution in [0.5, 0.6) is 0 Å². The Morgan fingerprint density at radius 3 is 2.62 bits per heavy atom. The second-order valence-electron chi connectivity index (χ2n) is 6.87. The van der Waals surface area contributed by atoms with Gasteiger partial charge in [0.05, 0.1) is 11.3 Å². The number of rotatable bonds is 5. The number of carbonyl (C=O) groups excluding carboxylic acids is 3. The fourth-order valence-corrected chi connectivity index (χ4v) is 3.11. The number of hydrogen-bond donors (Lipinski definition) is 1. The van der Waals surface area contributed by atoms with Gasteiger partial charge in [-0.25, -0.2) is 4.98 Å². The van der Waals surface area contributed by atoms with Gasteiger partial charge >= 0.3 is 0 Å². The molecule has 2 amide bonds. The third kappa shape index (κ3) is 3.35. The van der Waals surface area contributed by atoms with Crippen LogP contribution >= 0.6 is 0 Å². The van der Waals surface area contributed by atoms with Crippen molar-refractivity contribution in [2.75, 3.05) is 10.2 Å². The molecule has 3 rings (SSSR count). The second-order valence-corrected chi connectivity index (χ2v) is 6.87. The van der Waals surface area contributed by atoms with Gasteiger partial charge in [-0.15, -0.1) is 0 Å². The summed E-state index contributed by atoms with van der Waals surface area (Å²) in [5, 5.41) is 2.75. The van der Waals surface area contributed by atoms with Crippen LogP contribution in [0.4, 0.5) is 11.5 Å². The standard InChI is InChI=1S/C20H21N3O3/c1-12(2)10-16(19(25)22-17-6-4-5-9-21-17)23-15-8-7-13(3)11-14(15)18(24)20(23)26/h4-9,11-12,16H,10H2,1-3H3,(H,21,22,25). The van der Waals surface area contributed by atoms with Crippen LogP contribution in [0.3, 0.4) is 0 Å². The number of ketones is 1. The van der Waals surface area contributed by atoms with Gasteiger partial charge in [-0.3, -0.25) is 19.3 Å². The SMILES string of the molecule is Cc1ccc2c(c1)C(=O)C(=O)N2C(CC(C)C)C(=O)Nc1ccccn1. The molecule has 2 heterocycles. The average Bonchev–Trinajstić information content (AvgIpc) is 2.84. The number of fused-ring (bicyclic) bond motifs is 1. The summed E-state index contributed by atoms with van der Waals surface area (Å²) in [5.74, 6) is -1.01. The number of aromatic nitrogens is 1. The first-order valence-electron chi connectivity index (χ1n) is 8.59. The molecule has 1 aliphatic heterocycles. The molecule has 26 heavy (non-hydrogen) atoms. The van der Waals surface area contributed by atoms with Crippen LogP contribution in [-0.2, 0) is 9.59 Å². The number of nitrogens with one attached hydrogen (secondary N) is 1. The largest absolute Gasteiger partial charge is 0.309 e. The van der Waals surface area contributed by atoms with E-state index in [0.717, 1.165) is 5.56 Å². The third-order valence-electron chi connectivity index (χ3n) is 4.29. The van der Waals surface area contributed by atoms with Crippen molar-refractivity contribution in [1.82, 2.24) is 4.98 Å². The van der Waals surface area contributed by atoms with Gasteiger partial charge in [0.15, 0.2) is 0 Å². The normalized spacial score (nSPS) is 14.5. The highest BCUT2D eigenvalue weighted by Crippen LogP contribution is 2.33.